The molecule has 0 radical (unpaired) electrons. The van der Waals surface area contributed by atoms with E-state index < -0.39 is 0 Å². The van der Waals surface area contributed by atoms with Gasteiger partial charge in [0.15, 0.2) is 0 Å². The third-order valence-electron chi connectivity index (χ3n) is 2.58. The van der Waals surface area contributed by atoms with E-state index in [-0.39, 0.29) is 18.0 Å². The van der Waals surface area contributed by atoms with Crippen molar-refractivity contribution in [2.24, 2.45) is 0 Å². The summed E-state index contributed by atoms with van der Waals surface area (Å²) in [7, 11) is 0. The van der Waals surface area contributed by atoms with Gasteiger partial charge in [-0.15, -0.1) is 0 Å². The number of hydrogen-bond donors (Lipinski definition) is 1. The predicted molar refractivity (Wildman–Crippen MR) is 67.2 cm³/mol. The zero-order chi connectivity index (χ0) is 12.1. The van der Waals surface area contributed by atoms with Crippen LogP contribution in [0.3, 0.4) is 0 Å². The molecule has 16 heavy (non-hydrogen) atoms. The Hall–Kier alpha value is -0.840. The molecule has 0 aliphatic rings. The zero-order valence-corrected chi connectivity index (χ0v) is 11.5. The number of amides is 1. The van der Waals surface area contributed by atoms with Gasteiger partial charge in [-0.2, -0.15) is 5.10 Å². The molecule has 1 aromatic heterocycles. The second kappa shape index (κ2) is 6.03. The van der Waals surface area contributed by atoms with E-state index in [0.717, 1.165) is 17.3 Å². The molecule has 0 spiro atoms. The van der Waals surface area contributed by atoms with Gasteiger partial charge in [0.1, 0.15) is 6.04 Å². The molecule has 0 saturated carbocycles. The number of nitrogens with zero attached hydrogens (tertiary/aromatic N) is 2. The number of nitrogens with one attached hydrogen (secondary N) is 1. The SMILES string of the molecule is CCC(C)NC(=O)C(CC)n1cc(Br)cn1. The minimum absolute atomic E-state index is 0.0347. The second-order valence-corrected chi connectivity index (χ2v) is 4.80. The summed E-state index contributed by atoms with van der Waals surface area (Å²) in [5, 5.41) is 7.12. The second-order valence-electron chi connectivity index (χ2n) is 3.88. The molecule has 1 heterocycles. The van der Waals surface area contributed by atoms with E-state index in [0.29, 0.717) is 0 Å². The third-order valence-corrected chi connectivity index (χ3v) is 2.99. The lowest BCUT2D eigenvalue weighted by Gasteiger charge is -2.18. The molecule has 0 aliphatic heterocycles. The van der Waals surface area contributed by atoms with Gasteiger partial charge < -0.3 is 5.32 Å². The van der Waals surface area contributed by atoms with Gasteiger partial charge in [0, 0.05) is 12.2 Å². The number of aromatic nitrogens is 2. The summed E-state index contributed by atoms with van der Waals surface area (Å²) in [6.07, 6.45) is 5.19. The molecule has 1 aromatic rings. The van der Waals surface area contributed by atoms with Crippen LogP contribution in [-0.2, 0) is 4.79 Å². The average Bonchev–Trinajstić information content (AvgIpc) is 2.65. The highest BCUT2D eigenvalue weighted by molar-refractivity contribution is 9.10. The number of carbonyl (C=O) groups excluding carboxylic acids is 1. The Labute approximate surface area is 105 Å². The molecule has 0 bridgehead atoms. The van der Waals surface area contributed by atoms with Gasteiger partial charge in [-0.05, 0) is 35.7 Å². The molecule has 5 heteroatoms. The summed E-state index contributed by atoms with van der Waals surface area (Å²) in [4.78, 5) is 12.0. The minimum atomic E-state index is -0.222. The largest absolute Gasteiger partial charge is 0.352 e. The molecule has 0 aliphatic carbocycles. The lowest BCUT2D eigenvalue weighted by molar-refractivity contribution is -0.125. The first kappa shape index (κ1) is 13.2. The minimum Gasteiger partial charge on any atom is -0.352 e. The molecule has 2 atom stereocenters. The lowest BCUT2D eigenvalue weighted by atomic mass is 10.2. The molecule has 4 nitrogen and oxygen atoms in total. The van der Waals surface area contributed by atoms with Crippen molar-refractivity contribution in [1.82, 2.24) is 15.1 Å². The monoisotopic (exact) mass is 287 g/mol. The van der Waals surface area contributed by atoms with Crippen molar-refractivity contribution in [3.8, 4) is 0 Å². The summed E-state index contributed by atoms with van der Waals surface area (Å²) in [6, 6.07) is -0.0131. The fourth-order valence-electron chi connectivity index (χ4n) is 1.42. The van der Waals surface area contributed by atoms with Crippen LogP contribution in [0.25, 0.3) is 0 Å². The van der Waals surface area contributed by atoms with Crippen LogP contribution in [0, 0.1) is 0 Å². The van der Waals surface area contributed by atoms with E-state index in [1.807, 2.05) is 20.0 Å². The molecule has 0 aromatic carbocycles. The maximum absolute atomic E-state index is 12.0. The standard InChI is InChI=1S/C11H18BrN3O/c1-4-8(3)14-11(16)10(5-2)15-7-9(12)6-13-15/h6-8,10H,4-5H2,1-3H3,(H,14,16). The maximum atomic E-state index is 12.0. The van der Waals surface area contributed by atoms with E-state index in [9.17, 15) is 4.79 Å². The predicted octanol–water partition coefficient (Wildman–Crippen LogP) is 2.51. The van der Waals surface area contributed by atoms with Gasteiger partial charge in [0.2, 0.25) is 5.91 Å². The van der Waals surface area contributed by atoms with Crippen molar-refractivity contribution in [3.05, 3.63) is 16.9 Å². The zero-order valence-electron chi connectivity index (χ0n) is 9.90. The molecule has 1 amide bonds. The summed E-state index contributed by atoms with van der Waals surface area (Å²) in [5.41, 5.74) is 0. The number of rotatable bonds is 5. The Bertz CT molecular complexity index is 351. The van der Waals surface area contributed by atoms with Crippen LogP contribution in [0.1, 0.15) is 39.7 Å². The van der Waals surface area contributed by atoms with Crippen LogP contribution < -0.4 is 5.32 Å². The third kappa shape index (κ3) is 3.33. The smallest absolute Gasteiger partial charge is 0.245 e. The van der Waals surface area contributed by atoms with Gasteiger partial charge in [0.05, 0.1) is 10.7 Å². The van der Waals surface area contributed by atoms with Crippen LogP contribution in [0.2, 0.25) is 0 Å². The number of halogens is 1. The molecule has 0 saturated heterocycles. The summed E-state index contributed by atoms with van der Waals surface area (Å²) < 4.78 is 2.59. The van der Waals surface area contributed by atoms with Crippen molar-refractivity contribution in [3.63, 3.8) is 0 Å². The van der Waals surface area contributed by atoms with E-state index in [1.165, 1.54) is 0 Å². The maximum Gasteiger partial charge on any atom is 0.245 e. The highest BCUT2D eigenvalue weighted by Crippen LogP contribution is 2.15. The number of carbonyl (C=O) groups is 1. The Balaban J connectivity index is 2.71. The Kier molecular flexibility index (Phi) is 4.99. The van der Waals surface area contributed by atoms with Crippen molar-refractivity contribution in [2.45, 2.75) is 45.7 Å². The van der Waals surface area contributed by atoms with Crippen molar-refractivity contribution < 1.29 is 4.79 Å². The first-order valence-electron chi connectivity index (χ1n) is 5.58. The Morgan fingerprint density at radius 2 is 2.25 bits per heavy atom. The average molecular weight is 288 g/mol. The Morgan fingerprint density at radius 3 is 2.69 bits per heavy atom. The van der Waals surface area contributed by atoms with E-state index >= 15 is 0 Å². The van der Waals surface area contributed by atoms with Crippen LogP contribution >= 0.6 is 15.9 Å². The summed E-state index contributed by atoms with van der Waals surface area (Å²) >= 11 is 3.33. The van der Waals surface area contributed by atoms with Crippen LogP contribution in [0.15, 0.2) is 16.9 Å². The Morgan fingerprint density at radius 1 is 1.56 bits per heavy atom. The van der Waals surface area contributed by atoms with Gasteiger partial charge in [-0.25, -0.2) is 0 Å². The normalized spacial score (nSPS) is 14.5. The lowest BCUT2D eigenvalue weighted by Crippen LogP contribution is -2.38. The van der Waals surface area contributed by atoms with Crippen molar-refractivity contribution >= 4 is 21.8 Å². The summed E-state index contributed by atoms with van der Waals surface area (Å²) in [6.45, 7) is 6.04. The van der Waals surface area contributed by atoms with Crippen LogP contribution in [0.5, 0.6) is 0 Å². The molecule has 2 unspecified atom stereocenters. The molecule has 1 N–H and O–H groups in total. The van der Waals surface area contributed by atoms with Gasteiger partial charge in [0.25, 0.3) is 0 Å². The molecular formula is C11H18BrN3O. The first-order chi connectivity index (χ1) is 7.58. The molecule has 90 valence electrons. The highest BCUT2D eigenvalue weighted by atomic mass is 79.9. The van der Waals surface area contributed by atoms with Gasteiger partial charge >= 0.3 is 0 Å². The van der Waals surface area contributed by atoms with Crippen LogP contribution in [-0.4, -0.2) is 21.7 Å². The quantitative estimate of drug-likeness (QED) is 0.905. The molecule has 1 rings (SSSR count). The molecule has 0 fully saturated rings. The fraction of sp³-hybridized carbons (Fsp3) is 0.636. The molecular weight excluding hydrogens is 270 g/mol. The van der Waals surface area contributed by atoms with Crippen molar-refractivity contribution in [1.29, 1.82) is 0 Å². The van der Waals surface area contributed by atoms with Crippen molar-refractivity contribution in [2.75, 3.05) is 0 Å². The van der Waals surface area contributed by atoms with Gasteiger partial charge in [-0.1, -0.05) is 13.8 Å². The fourth-order valence-corrected chi connectivity index (χ4v) is 1.72. The van der Waals surface area contributed by atoms with E-state index in [4.69, 9.17) is 0 Å². The number of hydrogen-bond acceptors (Lipinski definition) is 2. The summed E-state index contributed by atoms with van der Waals surface area (Å²) in [5.74, 6) is 0.0347. The van der Waals surface area contributed by atoms with Gasteiger partial charge in [-0.3, -0.25) is 9.48 Å². The van der Waals surface area contributed by atoms with E-state index in [1.54, 1.807) is 10.9 Å². The van der Waals surface area contributed by atoms with Crippen LogP contribution in [0.4, 0.5) is 0 Å². The van der Waals surface area contributed by atoms with E-state index in [2.05, 4.69) is 33.3 Å². The highest BCUT2D eigenvalue weighted by Gasteiger charge is 2.20. The topological polar surface area (TPSA) is 46.9 Å². The first-order valence-corrected chi connectivity index (χ1v) is 6.37.